The second-order valence-electron chi connectivity index (χ2n) is 7.68. The molecule has 4 aromatic rings. The van der Waals surface area contributed by atoms with Gasteiger partial charge in [-0.05, 0) is 42.7 Å². The van der Waals surface area contributed by atoms with Crippen LogP contribution < -0.4 is 10.1 Å². The van der Waals surface area contributed by atoms with Crippen LogP contribution in [0.25, 0.3) is 0 Å². The van der Waals surface area contributed by atoms with E-state index in [1.54, 1.807) is 0 Å². The maximum Gasteiger partial charge on any atom is 0.234 e. The first-order valence-corrected chi connectivity index (χ1v) is 11.7. The Morgan fingerprint density at radius 3 is 2.36 bits per heavy atom. The normalized spacial score (nSPS) is 10.7. The van der Waals surface area contributed by atoms with E-state index in [9.17, 15) is 4.79 Å². The van der Waals surface area contributed by atoms with E-state index in [0.717, 1.165) is 28.1 Å². The number of carbonyl (C=O) groups is 1. The monoisotopic (exact) mass is 458 g/mol. The number of benzene rings is 3. The van der Waals surface area contributed by atoms with Crippen molar-refractivity contribution in [2.24, 2.45) is 0 Å². The maximum atomic E-state index is 12.5. The van der Waals surface area contributed by atoms with Crippen LogP contribution in [-0.2, 0) is 17.9 Å². The van der Waals surface area contributed by atoms with Gasteiger partial charge in [-0.3, -0.25) is 9.36 Å². The number of aromatic nitrogens is 3. The molecular formula is C26H26N4O2S. The highest BCUT2D eigenvalue weighted by Gasteiger charge is 2.16. The van der Waals surface area contributed by atoms with Crippen molar-refractivity contribution in [3.63, 3.8) is 0 Å². The first-order valence-electron chi connectivity index (χ1n) is 10.7. The molecule has 0 aliphatic rings. The fourth-order valence-corrected chi connectivity index (χ4v) is 4.10. The molecule has 1 heterocycles. The number of thioether (sulfide) groups is 1. The first-order chi connectivity index (χ1) is 16.1. The molecule has 0 unspecified atom stereocenters. The molecule has 0 fully saturated rings. The summed E-state index contributed by atoms with van der Waals surface area (Å²) in [6.45, 7) is 4.88. The van der Waals surface area contributed by atoms with Crippen molar-refractivity contribution in [2.45, 2.75) is 32.2 Å². The molecule has 0 aliphatic heterocycles. The maximum absolute atomic E-state index is 12.5. The average Bonchev–Trinajstić information content (AvgIpc) is 3.20. The van der Waals surface area contributed by atoms with Gasteiger partial charge in [0.05, 0.1) is 12.3 Å². The Kier molecular flexibility index (Phi) is 7.42. The zero-order valence-electron chi connectivity index (χ0n) is 18.7. The van der Waals surface area contributed by atoms with E-state index in [1.165, 1.54) is 11.8 Å². The molecule has 0 spiro atoms. The lowest BCUT2D eigenvalue weighted by molar-refractivity contribution is -0.113. The summed E-state index contributed by atoms with van der Waals surface area (Å²) >= 11 is 1.37. The van der Waals surface area contributed by atoms with E-state index in [1.807, 2.05) is 85.1 Å². The van der Waals surface area contributed by atoms with Gasteiger partial charge in [0.15, 0.2) is 11.0 Å². The van der Waals surface area contributed by atoms with Crippen LogP contribution in [0, 0.1) is 13.8 Å². The lowest BCUT2D eigenvalue weighted by atomic mass is 10.2. The summed E-state index contributed by atoms with van der Waals surface area (Å²) in [5, 5.41) is 12.4. The molecule has 168 valence electrons. The highest BCUT2D eigenvalue weighted by molar-refractivity contribution is 7.99. The van der Waals surface area contributed by atoms with E-state index >= 15 is 0 Å². The number of hydrogen-bond acceptors (Lipinski definition) is 5. The van der Waals surface area contributed by atoms with Gasteiger partial charge in [-0.15, -0.1) is 10.2 Å². The third kappa shape index (κ3) is 6.02. The number of anilines is 1. The van der Waals surface area contributed by atoms with Gasteiger partial charge >= 0.3 is 0 Å². The molecule has 0 radical (unpaired) electrons. The molecule has 0 bridgehead atoms. The van der Waals surface area contributed by atoms with Crippen molar-refractivity contribution in [1.29, 1.82) is 0 Å². The van der Waals surface area contributed by atoms with Crippen LogP contribution in [0.4, 0.5) is 5.69 Å². The Balaban J connectivity index is 1.48. The molecule has 6 nitrogen and oxygen atoms in total. The predicted molar refractivity (Wildman–Crippen MR) is 132 cm³/mol. The first kappa shape index (κ1) is 22.6. The average molecular weight is 459 g/mol. The molecule has 3 aromatic carbocycles. The molecule has 1 amide bonds. The Hall–Kier alpha value is -3.58. The minimum absolute atomic E-state index is 0.0822. The van der Waals surface area contributed by atoms with E-state index in [2.05, 4.69) is 27.6 Å². The lowest BCUT2D eigenvalue weighted by Crippen LogP contribution is -2.16. The Labute approximate surface area is 198 Å². The molecule has 0 aliphatic carbocycles. The number of rotatable bonds is 9. The number of amides is 1. The second kappa shape index (κ2) is 10.8. The van der Waals surface area contributed by atoms with Gasteiger partial charge in [0.1, 0.15) is 12.4 Å². The summed E-state index contributed by atoms with van der Waals surface area (Å²) in [6, 6.07) is 25.7. The number of para-hydroxylation sites is 2. The quantitative estimate of drug-likeness (QED) is 0.347. The Morgan fingerprint density at radius 1 is 0.909 bits per heavy atom. The molecule has 1 aromatic heterocycles. The Morgan fingerprint density at radius 2 is 1.61 bits per heavy atom. The zero-order chi connectivity index (χ0) is 23.0. The summed E-state index contributed by atoms with van der Waals surface area (Å²) in [5.74, 6) is 1.68. The number of hydrogen-bond donors (Lipinski definition) is 1. The number of aryl methyl sites for hydroxylation is 2. The SMILES string of the molecule is Cc1ccccc1NC(=O)CSc1nnc(COc2ccccc2C)n1Cc1ccccc1. The van der Waals surface area contributed by atoms with Crippen molar-refractivity contribution < 1.29 is 9.53 Å². The Bertz CT molecular complexity index is 1220. The van der Waals surface area contributed by atoms with Crippen molar-refractivity contribution in [1.82, 2.24) is 14.8 Å². The lowest BCUT2D eigenvalue weighted by Gasteiger charge is -2.12. The fraction of sp³-hybridized carbons (Fsp3) is 0.192. The van der Waals surface area contributed by atoms with Crippen LogP contribution in [0.3, 0.4) is 0 Å². The molecular weight excluding hydrogens is 432 g/mol. The van der Waals surface area contributed by atoms with E-state index < -0.39 is 0 Å². The second-order valence-corrected chi connectivity index (χ2v) is 8.62. The van der Waals surface area contributed by atoms with Crippen LogP contribution in [0.5, 0.6) is 5.75 Å². The van der Waals surface area contributed by atoms with Crippen LogP contribution in [0.15, 0.2) is 84.0 Å². The predicted octanol–water partition coefficient (Wildman–Crippen LogP) is 5.25. The molecule has 33 heavy (non-hydrogen) atoms. The number of ether oxygens (including phenoxy) is 1. The largest absolute Gasteiger partial charge is 0.485 e. The minimum atomic E-state index is -0.0822. The molecule has 0 saturated heterocycles. The highest BCUT2D eigenvalue weighted by atomic mass is 32.2. The summed E-state index contributed by atoms with van der Waals surface area (Å²) < 4.78 is 8.03. The van der Waals surface area contributed by atoms with Gasteiger partial charge in [-0.1, -0.05) is 78.5 Å². The van der Waals surface area contributed by atoms with Gasteiger partial charge in [-0.25, -0.2) is 0 Å². The van der Waals surface area contributed by atoms with Gasteiger partial charge < -0.3 is 10.1 Å². The van der Waals surface area contributed by atoms with Gasteiger partial charge in [0.2, 0.25) is 5.91 Å². The molecule has 0 atom stereocenters. The van der Waals surface area contributed by atoms with Gasteiger partial charge in [-0.2, -0.15) is 0 Å². The van der Waals surface area contributed by atoms with Crippen LogP contribution in [0.1, 0.15) is 22.5 Å². The third-order valence-corrected chi connectivity index (χ3v) is 6.15. The zero-order valence-corrected chi connectivity index (χ0v) is 19.5. The highest BCUT2D eigenvalue weighted by Crippen LogP contribution is 2.22. The number of nitrogens with one attached hydrogen (secondary N) is 1. The molecule has 4 rings (SSSR count). The van der Waals surface area contributed by atoms with Crippen LogP contribution in [-0.4, -0.2) is 26.4 Å². The van der Waals surface area contributed by atoms with Gasteiger partial charge in [0, 0.05) is 5.69 Å². The van der Waals surface area contributed by atoms with E-state index in [4.69, 9.17) is 4.74 Å². The fourth-order valence-electron chi connectivity index (χ4n) is 3.35. The molecule has 7 heteroatoms. The van der Waals surface area contributed by atoms with Crippen molar-refractivity contribution in [2.75, 3.05) is 11.1 Å². The van der Waals surface area contributed by atoms with Crippen molar-refractivity contribution >= 4 is 23.4 Å². The number of nitrogens with zero attached hydrogens (tertiary/aromatic N) is 3. The standard InChI is InChI=1S/C26H26N4O2S/c1-19-10-6-8-14-22(19)27-25(31)18-33-26-29-28-24(17-32-23-15-9-7-11-20(23)2)30(26)16-21-12-4-3-5-13-21/h3-15H,16-18H2,1-2H3,(H,27,31). The minimum Gasteiger partial charge on any atom is -0.485 e. The summed E-state index contributed by atoms with van der Waals surface area (Å²) in [7, 11) is 0. The van der Waals surface area contributed by atoms with Crippen LogP contribution >= 0.6 is 11.8 Å². The summed E-state index contributed by atoms with van der Waals surface area (Å²) in [5.41, 5.74) is 4.04. The summed E-state index contributed by atoms with van der Waals surface area (Å²) in [6.07, 6.45) is 0. The van der Waals surface area contributed by atoms with Crippen molar-refractivity contribution in [3.8, 4) is 5.75 Å². The topological polar surface area (TPSA) is 69.0 Å². The molecule has 1 N–H and O–H groups in total. The number of carbonyl (C=O) groups excluding carboxylic acids is 1. The van der Waals surface area contributed by atoms with Gasteiger partial charge in [0.25, 0.3) is 0 Å². The third-order valence-electron chi connectivity index (χ3n) is 5.18. The van der Waals surface area contributed by atoms with E-state index in [-0.39, 0.29) is 11.7 Å². The van der Waals surface area contributed by atoms with Crippen LogP contribution in [0.2, 0.25) is 0 Å². The van der Waals surface area contributed by atoms with Crippen molar-refractivity contribution in [3.05, 3.63) is 101 Å². The smallest absolute Gasteiger partial charge is 0.234 e. The van der Waals surface area contributed by atoms with E-state index in [0.29, 0.717) is 24.1 Å². The summed E-state index contributed by atoms with van der Waals surface area (Å²) in [4.78, 5) is 12.5. The molecule has 0 saturated carbocycles.